The van der Waals surface area contributed by atoms with Crippen molar-refractivity contribution in [1.29, 1.82) is 0 Å². The highest BCUT2D eigenvalue weighted by Crippen LogP contribution is 2.24. The number of carbonyl (C=O) groups is 1. The molecule has 138 valence electrons. The van der Waals surface area contributed by atoms with Crippen molar-refractivity contribution < 1.29 is 13.9 Å². The predicted octanol–water partition coefficient (Wildman–Crippen LogP) is 5.32. The van der Waals surface area contributed by atoms with Crippen LogP contribution in [0.1, 0.15) is 29.3 Å². The molecule has 0 N–H and O–H groups in total. The Balaban J connectivity index is 1.44. The second kappa shape index (κ2) is 7.88. The highest BCUT2D eigenvalue weighted by Gasteiger charge is 2.20. The highest BCUT2D eigenvalue weighted by atomic mass is 16.6. The first-order valence-electron chi connectivity index (χ1n) is 8.96. The Morgan fingerprint density at radius 3 is 2.00 bits per heavy atom. The van der Waals surface area contributed by atoms with Gasteiger partial charge in [0.1, 0.15) is 0 Å². The summed E-state index contributed by atoms with van der Waals surface area (Å²) in [6.45, 7) is 1.71. The average Bonchev–Trinajstić information content (AvgIpc) is 3.26. The van der Waals surface area contributed by atoms with E-state index < -0.39 is 12.1 Å². The molecular weight excluding hydrogens is 352 g/mol. The zero-order valence-corrected chi connectivity index (χ0v) is 15.3. The summed E-state index contributed by atoms with van der Waals surface area (Å²) in [5.41, 5.74) is 3.41. The van der Waals surface area contributed by atoms with E-state index >= 15 is 0 Å². The van der Waals surface area contributed by atoms with Crippen LogP contribution in [-0.4, -0.2) is 16.2 Å². The first kappa shape index (κ1) is 17.7. The van der Waals surface area contributed by atoms with Gasteiger partial charge in [0.25, 0.3) is 5.89 Å². The normalized spacial score (nSPS) is 11.8. The minimum Gasteiger partial charge on any atom is -0.449 e. The zero-order valence-electron chi connectivity index (χ0n) is 15.3. The minimum atomic E-state index is -0.647. The number of hydrogen-bond acceptors (Lipinski definition) is 5. The van der Waals surface area contributed by atoms with Gasteiger partial charge in [0, 0.05) is 5.56 Å². The quantitative estimate of drug-likeness (QED) is 0.445. The van der Waals surface area contributed by atoms with Crippen molar-refractivity contribution in [1.82, 2.24) is 10.2 Å². The lowest BCUT2D eigenvalue weighted by Crippen LogP contribution is -2.09. The van der Waals surface area contributed by atoms with Crippen molar-refractivity contribution >= 4 is 5.97 Å². The topological polar surface area (TPSA) is 65.2 Å². The molecule has 5 heteroatoms. The Morgan fingerprint density at radius 2 is 1.36 bits per heavy atom. The van der Waals surface area contributed by atoms with Crippen LogP contribution in [-0.2, 0) is 4.74 Å². The van der Waals surface area contributed by atoms with Crippen LogP contribution in [0.2, 0.25) is 0 Å². The molecule has 0 unspecified atom stereocenters. The fourth-order valence-corrected chi connectivity index (χ4v) is 2.80. The summed E-state index contributed by atoms with van der Waals surface area (Å²) in [6.07, 6.45) is -0.647. The van der Waals surface area contributed by atoms with E-state index in [4.69, 9.17) is 9.15 Å². The predicted molar refractivity (Wildman–Crippen MR) is 105 cm³/mol. The van der Waals surface area contributed by atoms with Crippen molar-refractivity contribution in [3.05, 3.63) is 96.4 Å². The van der Waals surface area contributed by atoms with Gasteiger partial charge in [0.2, 0.25) is 5.89 Å². The third-order valence-corrected chi connectivity index (χ3v) is 4.32. The molecule has 0 aliphatic heterocycles. The summed E-state index contributed by atoms with van der Waals surface area (Å²) in [5.74, 6) is 0.213. The summed E-state index contributed by atoms with van der Waals surface area (Å²) in [4.78, 5) is 12.4. The maximum absolute atomic E-state index is 12.4. The van der Waals surface area contributed by atoms with Crippen LogP contribution >= 0.6 is 0 Å². The molecule has 0 fully saturated rings. The third-order valence-electron chi connectivity index (χ3n) is 4.32. The van der Waals surface area contributed by atoms with E-state index in [-0.39, 0.29) is 5.89 Å². The molecule has 0 aliphatic rings. The number of ether oxygens (including phenoxy) is 1. The van der Waals surface area contributed by atoms with Gasteiger partial charge in [-0.25, -0.2) is 4.79 Å². The van der Waals surface area contributed by atoms with Crippen molar-refractivity contribution in [2.75, 3.05) is 0 Å². The van der Waals surface area contributed by atoms with Gasteiger partial charge in [0.05, 0.1) is 5.56 Å². The van der Waals surface area contributed by atoms with E-state index in [2.05, 4.69) is 10.2 Å². The molecular formula is C23H18N2O3. The van der Waals surface area contributed by atoms with E-state index in [1.807, 2.05) is 72.8 Å². The second-order valence-electron chi connectivity index (χ2n) is 6.30. The van der Waals surface area contributed by atoms with E-state index in [9.17, 15) is 4.79 Å². The van der Waals surface area contributed by atoms with Gasteiger partial charge in [-0.2, -0.15) is 0 Å². The third kappa shape index (κ3) is 3.83. The van der Waals surface area contributed by atoms with Crippen molar-refractivity contribution in [3.63, 3.8) is 0 Å². The van der Waals surface area contributed by atoms with E-state index in [0.29, 0.717) is 11.5 Å². The molecule has 4 rings (SSSR count). The second-order valence-corrected chi connectivity index (χ2v) is 6.30. The summed E-state index contributed by atoms with van der Waals surface area (Å²) in [5, 5.41) is 8.02. The van der Waals surface area contributed by atoms with Crippen LogP contribution in [0.5, 0.6) is 0 Å². The highest BCUT2D eigenvalue weighted by molar-refractivity contribution is 5.90. The van der Waals surface area contributed by atoms with Crippen LogP contribution < -0.4 is 0 Å². The standard InChI is InChI=1S/C23H18N2O3/c1-16(21-24-25-22(28-21)19-10-6-3-7-11-19)27-23(26)20-14-12-18(13-15-20)17-8-4-2-5-9-17/h2-16H,1H3/t16-/m0/s1. The Morgan fingerprint density at radius 1 is 0.786 bits per heavy atom. The molecule has 0 saturated heterocycles. The fourth-order valence-electron chi connectivity index (χ4n) is 2.80. The number of aromatic nitrogens is 2. The smallest absolute Gasteiger partial charge is 0.338 e. The Kier molecular flexibility index (Phi) is 4.97. The van der Waals surface area contributed by atoms with Crippen LogP contribution in [0.25, 0.3) is 22.6 Å². The van der Waals surface area contributed by atoms with Crippen LogP contribution in [0.3, 0.4) is 0 Å². The van der Waals surface area contributed by atoms with E-state index in [0.717, 1.165) is 16.7 Å². The minimum absolute atomic E-state index is 0.258. The van der Waals surface area contributed by atoms with Gasteiger partial charge in [-0.05, 0) is 42.3 Å². The van der Waals surface area contributed by atoms with Crippen LogP contribution in [0.15, 0.2) is 89.3 Å². The lowest BCUT2D eigenvalue weighted by Gasteiger charge is -2.10. The van der Waals surface area contributed by atoms with Gasteiger partial charge >= 0.3 is 5.97 Å². The molecule has 1 aromatic heterocycles. The molecule has 0 bridgehead atoms. The molecule has 0 aliphatic carbocycles. The first-order chi connectivity index (χ1) is 13.7. The molecule has 5 nitrogen and oxygen atoms in total. The number of benzene rings is 3. The molecule has 3 aromatic carbocycles. The monoisotopic (exact) mass is 370 g/mol. The lowest BCUT2D eigenvalue weighted by atomic mass is 10.0. The maximum atomic E-state index is 12.4. The SMILES string of the molecule is C[C@H](OC(=O)c1ccc(-c2ccccc2)cc1)c1nnc(-c2ccccc2)o1. The van der Waals surface area contributed by atoms with Gasteiger partial charge in [0.15, 0.2) is 6.10 Å². The van der Waals surface area contributed by atoms with Crippen molar-refractivity contribution in [2.24, 2.45) is 0 Å². The molecule has 0 amide bonds. The molecule has 4 aromatic rings. The summed E-state index contributed by atoms with van der Waals surface area (Å²) in [7, 11) is 0. The maximum Gasteiger partial charge on any atom is 0.338 e. The molecule has 1 atom stereocenters. The van der Waals surface area contributed by atoms with Crippen molar-refractivity contribution in [3.8, 4) is 22.6 Å². The number of nitrogens with zero attached hydrogens (tertiary/aromatic N) is 2. The fraction of sp³-hybridized carbons (Fsp3) is 0.0870. The van der Waals surface area contributed by atoms with Gasteiger partial charge in [-0.1, -0.05) is 60.7 Å². The Hall–Kier alpha value is -3.73. The lowest BCUT2D eigenvalue weighted by molar-refractivity contribution is 0.0280. The Bertz CT molecular complexity index is 1060. The molecule has 0 saturated carbocycles. The van der Waals surface area contributed by atoms with Crippen LogP contribution in [0, 0.1) is 0 Å². The van der Waals surface area contributed by atoms with Gasteiger partial charge in [-0.3, -0.25) is 0 Å². The van der Waals surface area contributed by atoms with Crippen molar-refractivity contribution in [2.45, 2.75) is 13.0 Å². The Labute approximate surface area is 162 Å². The zero-order chi connectivity index (χ0) is 19.3. The average molecular weight is 370 g/mol. The largest absolute Gasteiger partial charge is 0.449 e. The number of carbonyl (C=O) groups excluding carboxylic acids is 1. The van der Waals surface area contributed by atoms with Gasteiger partial charge in [-0.15, -0.1) is 10.2 Å². The number of esters is 1. The van der Waals surface area contributed by atoms with Gasteiger partial charge < -0.3 is 9.15 Å². The molecule has 1 heterocycles. The molecule has 0 spiro atoms. The summed E-state index contributed by atoms with van der Waals surface area (Å²) >= 11 is 0. The van der Waals surface area contributed by atoms with E-state index in [1.165, 1.54) is 0 Å². The number of hydrogen-bond donors (Lipinski definition) is 0. The number of rotatable bonds is 5. The molecule has 0 radical (unpaired) electrons. The molecule has 28 heavy (non-hydrogen) atoms. The van der Waals surface area contributed by atoms with Crippen LogP contribution in [0.4, 0.5) is 0 Å². The summed E-state index contributed by atoms with van der Waals surface area (Å²) in [6, 6.07) is 26.7. The van der Waals surface area contributed by atoms with E-state index in [1.54, 1.807) is 19.1 Å². The first-order valence-corrected chi connectivity index (χ1v) is 8.96. The summed E-state index contributed by atoms with van der Waals surface area (Å²) < 4.78 is 11.1.